The number of hydrogen-bond acceptors (Lipinski definition) is 2. The Hall–Kier alpha value is -1.08. The number of nitrogens with two attached hydrogens (primary N) is 1. The second-order valence-corrected chi connectivity index (χ2v) is 6.52. The average molecular weight is 428 g/mol. The highest BCUT2D eigenvalue weighted by Gasteiger charge is 2.12. The Morgan fingerprint density at radius 2 is 2.00 bits per heavy atom. The average Bonchev–Trinajstić information content (AvgIpc) is 2.69. The Morgan fingerprint density at radius 3 is 2.79 bits per heavy atom. The molecule has 0 aliphatic heterocycles. The van der Waals surface area contributed by atoms with Crippen LogP contribution in [0.25, 0.3) is 22.4 Å². The minimum absolute atomic E-state index is 0.748. The molecule has 0 atom stereocenters. The lowest BCUT2D eigenvalue weighted by molar-refractivity contribution is 0.959. The van der Waals surface area contributed by atoms with Crippen LogP contribution in [0, 0.1) is 3.57 Å². The molecule has 0 saturated heterocycles. The van der Waals surface area contributed by atoms with E-state index in [1.54, 1.807) is 0 Å². The molecule has 1 aromatic heterocycles. The van der Waals surface area contributed by atoms with Crippen LogP contribution in [-0.4, -0.2) is 9.55 Å². The Kier molecular flexibility index (Phi) is 3.26. The smallest absolute Gasteiger partial charge is 0.142 e. The quantitative estimate of drug-likeness (QED) is 0.467. The molecule has 3 nitrogen and oxygen atoms in total. The Labute approximate surface area is 133 Å². The van der Waals surface area contributed by atoms with E-state index in [-0.39, 0.29) is 0 Å². The van der Waals surface area contributed by atoms with Gasteiger partial charge in [-0.05, 0) is 59.0 Å². The largest absolute Gasteiger partial charge is 0.398 e. The Balaban J connectivity index is 2.30. The number of imidazole rings is 1. The number of nitrogens with zero attached hydrogens (tertiary/aromatic N) is 2. The fourth-order valence-electron chi connectivity index (χ4n) is 2.14. The van der Waals surface area contributed by atoms with Gasteiger partial charge in [0, 0.05) is 26.3 Å². The van der Waals surface area contributed by atoms with Crippen molar-refractivity contribution in [2.24, 2.45) is 7.05 Å². The zero-order valence-corrected chi connectivity index (χ0v) is 13.9. The van der Waals surface area contributed by atoms with E-state index in [0.29, 0.717) is 0 Å². The van der Waals surface area contributed by atoms with Crippen LogP contribution in [0.1, 0.15) is 0 Å². The van der Waals surface area contributed by atoms with Crippen LogP contribution in [0.2, 0.25) is 0 Å². The molecule has 2 N–H and O–H groups in total. The highest BCUT2D eigenvalue weighted by atomic mass is 127. The zero-order chi connectivity index (χ0) is 13.6. The van der Waals surface area contributed by atoms with Crippen molar-refractivity contribution in [2.75, 3.05) is 5.73 Å². The van der Waals surface area contributed by atoms with Gasteiger partial charge in [-0.25, -0.2) is 4.98 Å². The summed E-state index contributed by atoms with van der Waals surface area (Å²) in [4.78, 5) is 4.69. The first-order valence-electron chi connectivity index (χ1n) is 5.73. The molecule has 2 aromatic carbocycles. The van der Waals surface area contributed by atoms with E-state index in [0.717, 1.165) is 36.2 Å². The summed E-state index contributed by atoms with van der Waals surface area (Å²) >= 11 is 5.76. The third kappa shape index (κ3) is 2.25. The summed E-state index contributed by atoms with van der Waals surface area (Å²) in [7, 11) is 2.01. The molecule has 0 unspecified atom stereocenters. The lowest BCUT2D eigenvalue weighted by atomic mass is 10.2. The van der Waals surface area contributed by atoms with Crippen LogP contribution < -0.4 is 5.73 Å². The van der Waals surface area contributed by atoms with Crippen LogP contribution >= 0.6 is 38.5 Å². The monoisotopic (exact) mass is 427 g/mol. The molecule has 0 bridgehead atoms. The lowest BCUT2D eigenvalue weighted by Crippen LogP contribution is -1.97. The predicted octanol–water partition coefficient (Wildman–Crippen LogP) is 4.19. The van der Waals surface area contributed by atoms with E-state index < -0.39 is 0 Å². The van der Waals surface area contributed by atoms with E-state index in [1.165, 1.54) is 0 Å². The van der Waals surface area contributed by atoms with Gasteiger partial charge in [0.15, 0.2) is 0 Å². The number of aromatic nitrogens is 2. The first-order valence-corrected chi connectivity index (χ1v) is 7.61. The molecule has 0 fully saturated rings. The van der Waals surface area contributed by atoms with Gasteiger partial charge in [-0.15, -0.1) is 0 Å². The van der Waals surface area contributed by atoms with Crippen molar-refractivity contribution < 1.29 is 0 Å². The molecule has 96 valence electrons. The molecule has 0 aliphatic rings. The van der Waals surface area contributed by atoms with Crippen LogP contribution in [-0.2, 0) is 7.05 Å². The van der Waals surface area contributed by atoms with Crippen LogP contribution in [0.4, 0.5) is 5.69 Å². The van der Waals surface area contributed by atoms with Gasteiger partial charge < -0.3 is 10.3 Å². The summed E-state index contributed by atoms with van der Waals surface area (Å²) in [5.41, 5.74) is 9.86. The van der Waals surface area contributed by atoms with Crippen LogP contribution in [0.15, 0.2) is 40.9 Å². The fraction of sp³-hybridized carbons (Fsp3) is 0.0714. The third-order valence-electron chi connectivity index (χ3n) is 3.10. The summed E-state index contributed by atoms with van der Waals surface area (Å²) in [6.45, 7) is 0. The molecular weight excluding hydrogens is 417 g/mol. The summed E-state index contributed by atoms with van der Waals surface area (Å²) in [5.74, 6) is 0.893. The molecule has 0 radical (unpaired) electrons. The molecule has 5 heteroatoms. The number of benzene rings is 2. The second-order valence-electron chi connectivity index (χ2n) is 4.36. The second kappa shape index (κ2) is 4.79. The number of nitrogen functional groups attached to an aromatic ring is 1. The minimum Gasteiger partial charge on any atom is -0.398 e. The molecule has 1 heterocycles. The minimum atomic E-state index is 0.748. The first-order chi connectivity index (χ1) is 9.06. The maximum atomic E-state index is 6.08. The van der Waals surface area contributed by atoms with Crippen molar-refractivity contribution in [3.8, 4) is 11.4 Å². The Morgan fingerprint density at radius 1 is 1.21 bits per heavy atom. The van der Waals surface area contributed by atoms with E-state index in [1.807, 2.05) is 31.3 Å². The number of aryl methyl sites for hydroxylation is 1. The fourth-order valence-corrected chi connectivity index (χ4v) is 2.98. The normalized spacial score (nSPS) is 11.1. The van der Waals surface area contributed by atoms with Gasteiger partial charge in [0.1, 0.15) is 5.82 Å². The third-order valence-corrected chi connectivity index (χ3v) is 4.26. The highest BCUT2D eigenvalue weighted by molar-refractivity contribution is 14.1. The van der Waals surface area contributed by atoms with E-state index in [9.17, 15) is 0 Å². The van der Waals surface area contributed by atoms with Crippen molar-refractivity contribution in [1.29, 1.82) is 0 Å². The lowest BCUT2D eigenvalue weighted by Gasteiger charge is -2.06. The van der Waals surface area contributed by atoms with Gasteiger partial charge >= 0.3 is 0 Å². The zero-order valence-electron chi connectivity index (χ0n) is 10.2. The maximum Gasteiger partial charge on any atom is 0.142 e. The molecule has 0 saturated carbocycles. The van der Waals surface area contributed by atoms with Gasteiger partial charge in [0.05, 0.1) is 11.0 Å². The van der Waals surface area contributed by atoms with Crippen LogP contribution in [0.3, 0.4) is 0 Å². The van der Waals surface area contributed by atoms with Gasteiger partial charge in [0.2, 0.25) is 0 Å². The molecular formula is C14H11BrIN3. The van der Waals surface area contributed by atoms with Gasteiger partial charge in [-0.1, -0.05) is 15.9 Å². The topological polar surface area (TPSA) is 43.8 Å². The summed E-state index contributed by atoms with van der Waals surface area (Å²) < 4.78 is 4.25. The number of fused-ring (bicyclic) bond motifs is 1. The van der Waals surface area contributed by atoms with Crippen molar-refractivity contribution in [3.63, 3.8) is 0 Å². The predicted molar refractivity (Wildman–Crippen MR) is 91.0 cm³/mol. The number of hydrogen-bond donors (Lipinski definition) is 1. The van der Waals surface area contributed by atoms with E-state index in [2.05, 4.69) is 55.2 Å². The molecule has 0 aliphatic carbocycles. The summed E-state index contributed by atoms with van der Waals surface area (Å²) in [6, 6.07) is 12.1. The van der Waals surface area contributed by atoms with E-state index >= 15 is 0 Å². The van der Waals surface area contributed by atoms with Gasteiger partial charge in [-0.3, -0.25) is 0 Å². The summed E-state index contributed by atoms with van der Waals surface area (Å²) in [5, 5.41) is 0. The van der Waals surface area contributed by atoms with Gasteiger partial charge in [0.25, 0.3) is 0 Å². The number of halogens is 2. The SMILES string of the molecule is Cn1c(-c2cc(I)ccc2N)nc2cc(Br)ccc21. The standard InChI is InChI=1S/C14H11BrIN3/c1-19-13-5-2-8(15)6-12(13)18-14(19)10-7-9(16)3-4-11(10)17/h2-7H,17H2,1H3. The highest BCUT2D eigenvalue weighted by Crippen LogP contribution is 2.30. The number of anilines is 1. The van der Waals surface area contributed by atoms with Gasteiger partial charge in [-0.2, -0.15) is 0 Å². The molecule has 3 aromatic rings. The molecule has 19 heavy (non-hydrogen) atoms. The molecule has 0 spiro atoms. The maximum absolute atomic E-state index is 6.08. The van der Waals surface area contributed by atoms with Crippen LogP contribution in [0.5, 0.6) is 0 Å². The first kappa shape index (κ1) is 12.9. The number of rotatable bonds is 1. The van der Waals surface area contributed by atoms with Crippen molar-refractivity contribution in [1.82, 2.24) is 9.55 Å². The van der Waals surface area contributed by atoms with Crippen molar-refractivity contribution >= 4 is 55.2 Å². The van der Waals surface area contributed by atoms with Crippen molar-refractivity contribution in [3.05, 3.63) is 44.4 Å². The van der Waals surface area contributed by atoms with Crippen molar-refractivity contribution in [2.45, 2.75) is 0 Å². The molecule has 3 rings (SSSR count). The molecule has 0 amide bonds. The Bertz CT molecular complexity index is 780. The van der Waals surface area contributed by atoms with E-state index in [4.69, 9.17) is 10.7 Å². The summed E-state index contributed by atoms with van der Waals surface area (Å²) in [6.07, 6.45) is 0.